The van der Waals surface area contributed by atoms with Crippen molar-refractivity contribution in [3.05, 3.63) is 17.7 Å². The summed E-state index contributed by atoms with van der Waals surface area (Å²) in [7, 11) is 0. The van der Waals surface area contributed by atoms with Crippen molar-refractivity contribution in [1.82, 2.24) is 0 Å². The van der Waals surface area contributed by atoms with Crippen LogP contribution in [0.5, 0.6) is 11.5 Å². The Morgan fingerprint density at radius 3 is 2.62 bits per heavy atom. The van der Waals surface area contributed by atoms with Crippen LogP contribution in [0.15, 0.2) is 12.1 Å². The van der Waals surface area contributed by atoms with Crippen molar-refractivity contribution in [2.24, 2.45) is 5.92 Å². The van der Waals surface area contributed by atoms with Crippen LogP contribution in [0.2, 0.25) is 0 Å². The van der Waals surface area contributed by atoms with Gasteiger partial charge in [-0.05, 0) is 12.0 Å². The number of rotatable bonds is 3. The SMILES string of the molecule is CC(C)CC(=O)c1cc2c(cc1N)OCO2. The van der Waals surface area contributed by atoms with Crippen molar-refractivity contribution in [2.45, 2.75) is 20.3 Å². The molecule has 0 saturated heterocycles. The van der Waals surface area contributed by atoms with Gasteiger partial charge in [0, 0.05) is 23.7 Å². The van der Waals surface area contributed by atoms with E-state index in [2.05, 4.69) is 0 Å². The van der Waals surface area contributed by atoms with E-state index in [0.29, 0.717) is 35.1 Å². The highest BCUT2D eigenvalue weighted by atomic mass is 16.7. The zero-order valence-electron chi connectivity index (χ0n) is 9.45. The van der Waals surface area contributed by atoms with Crippen LogP contribution >= 0.6 is 0 Å². The summed E-state index contributed by atoms with van der Waals surface area (Å²) in [4.78, 5) is 11.9. The standard InChI is InChI=1S/C12H15NO3/c1-7(2)3-10(14)8-4-11-12(5-9(8)13)16-6-15-11/h4-5,7H,3,6,13H2,1-2H3. The second-order valence-electron chi connectivity index (χ2n) is 4.31. The Morgan fingerprint density at radius 1 is 1.38 bits per heavy atom. The van der Waals surface area contributed by atoms with Crippen molar-refractivity contribution in [3.8, 4) is 11.5 Å². The first kappa shape index (κ1) is 10.8. The molecule has 0 aliphatic carbocycles. The molecule has 1 aliphatic rings. The van der Waals surface area contributed by atoms with E-state index in [1.165, 1.54) is 0 Å². The molecular formula is C12H15NO3. The van der Waals surface area contributed by atoms with E-state index in [4.69, 9.17) is 15.2 Å². The molecule has 0 atom stereocenters. The highest BCUT2D eigenvalue weighted by Gasteiger charge is 2.19. The lowest BCUT2D eigenvalue weighted by molar-refractivity contribution is 0.0968. The molecule has 16 heavy (non-hydrogen) atoms. The summed E-state index contributed by atoms with van der Waals surface area (Å²) in [5.41, 5.74) is 6.79. The Kier molecular flexibility index (Phi) is 2.73. The molecule has 0 bridgehead atoms. The van der Waals surface area contributed by atoms with Crippen LogP contribution < -0.4 is 15.2 Å². The first-order valence-electron chi connectivity index (χ1n) is 5.30. The summed E-state index contributed by atoms with van der Waals surface area (Å²) in [6.45, 7) is 4.19. The molecule has 0 unspecified atom stereocenters. The number of fused-ring (bicyclic) bond motifs is 1. The zero-order valence-corrected chi connectivity index (χ0v) is 9.45. The molecule has 1 aromatic rings. The number of ketones is 1. The normalized spacial score (nSPS) is 13.2. The van der Waals surface area contributed by atoms with Crippen molar-refractivity contribution in [3.63, 3.8) is 0 Å². The molecule has 0 spiro atoms. The molecular weight excluding hydrogens is 206 g/mol. The summed E-state index contributed by atoms with van der Waals surface area (Å²) < 4.78 is 10.4. The van der Waals surface area contributed by atoms with Gasteiger partial charge in [-0.25, -0.2) is 0 Å². The van der Waals surface area contributed by atoms with Gasteiger partial charge in [0.2, 0.25) is 6.79 Å². The van der Waals surface area contributed by atoms with Gasteiger partial charge in [0.05, 0.1) is 0 Å². The van der Waals surface area contributed by atoms with Crippen molar-refractivity contribution < 1.29 is 14.3 Å². The van der Waals surface area contributed by atoms with Crippen LogP contribution in [0.25, 0.3) is 0 Å². The quantitative estimate of drug-likeness (QED) is 0.628. The Balaban J connectivity index is 2.31. The maximum atomic E-state index is 11.9. The van der Waals surface area contributed by atoms with Crippen molar-refractivity contribution in [2.75, 3.05) is 12.5 Å². The second-order valence-corrected chi connectivity index (χ2v) is 4.31. The number of hydrogen-bond donors (Lipinski definition) is 1. The van der Waals surface area contributed by atoms with E-state index in [1.807, 2.05) is 13.8 Å². The Bertz CT molecular complexity index is 427. The van der Waals surface area contributed by atoms with E-state index in [9.17, 15) is 4.79 Å². The summed E-state index contributed by atoms with van der Waals surface area (Å²) >= 11 is 0. The Hall–Kier alpha value is -1.71. The minimum absolute atomic E-state index is 0.0470. The van der Waals surface area contributed by atoms with Gasteiger partial charge in [-0.15, -0.1) is 0 Å². The average molecular weight is 221 g/mol. The van der Waals surface area contributed by atoms with Gasteiger partial charge < -0.3 is 15.2 Å². The number of carbonyl (C=O) groups excluding carboxylic acids is 1. The Morgan fingerprint density at radius 2 is 2.00 bits per heavy atom. The highest BCUT2D eigenvalue weighted by Crippen LogP contribution is 2.36. The van der Waals surface area contributed by atoms with Gasteiger partial charge in [0.1, 0.15) is 0 Å². The van der Waals surface area contributed by atoms with Gasteiger partial charge in [0.25, 0.3) is 0 Å². The largest absolute Gasteiger partial charge is 0.454 e. The van der Waals surface area contributed by atoms with E-state index in [-0.39, 0.29) is 12.6 Å². The fourth-order valence-electron chi connectivity index (χ4n) is 1.68. The average Bonchev–Trinajstić information content (AvgIpc) is 2.61. The topological polar surface area (TPSA) is 61.6 Å². The lowest BCUT2D eigenvalue weighted by Crippen LogP contribution is -2.06. The van der Waals surface area contributed by atoms with Crippen LogP contribution in [0.4, 0.5) is 5.69 Å². The number of benzene rings is 1. The lowest BCUT2D eigenvalue weighted by Gasteiger charge is -2.08. The maximum absolute atomic E-state index is 11.9. The van der Waals surface area contributed by atoms with Crippen LogP contribution in [-0.2, 0) is 0 Å². The molecule has 0 fully saturated rings. The molecule has 2 rings (SSSR count). The third kappa shape index (κ3) is 1.96. The molecule has 1 aliphatic heterocycles. The molecule has 4 heteroatoms. The number of Topliss-reactive ketones (excluding diaryl/α,β-unsaturated/α-hetero) is 1. The molecule has 0 aromatic heterocycles. The Labute approximate surface area is 94.3 Å². The number of hydrogen-bond acceptors (Lipinski definition) is 4. The van der Waals surface area contributed by atoms with Crippen LogP contribution in [0.1, 0.15) is 30.6 Å². The van der Waals surface area contributed by atoms with E-state index in [0.717, 1.165) is 0 Å². The van der Waals surface area contributed by atoms with Gasteiger partial charge in [-0.3, -0.25) is 4.79 Å². The molecule has 0 amide bonds. The lowest BCUT2D eigenvalue weighted by atomic mass is 9.99. The van der Waals surface area contributed by atoms with Crippen molar-refractivity contribution >= 4 is 11.5 Å². The van der Waals surface area contributed by atoms with Crippen molar-refractivity contribution in [1.29, 1.82) is 0 Å². The first-order valence-corrected chi connectivity index (χ1v) is 5.30. The van der Waals surface area contributed by atoms with Crippen LogP contribution in [0.3, 0.4) is 0 Å². The van der Waals surface area contributed by atoms with Gasteiger partial charge >= 0.3 is 0 Å². The maximum Gasteiger partial charge on any atom is 0.231 e. The fourth-order valence-corrected chi connectivity index (χ4v) is 1.68. The summed E-state index contributed by atoms with van der Waals surface area (Å²) in [6, 6.07) is 3.32. The summed E-state index contributed by atoms with van der Waals surface area (Å²) in [5, 5.41) is 0. The van der Waals surface area contributed by atoms with Crippen LogP contribution in [0, 0.1) is 5.92 Å². The van der Waals surface area contributed by atoms with E-state index in [1.54, 1.807) is 12.1 Å². The third-order valence-corrected chi connectivity index (χ3v) is 2.44. The summed E-state index contributed by atoms with van der Waals surface area (Å²) in [6.07, 6.45) is 0.490. The zero-order chi connectivity index (χ0) is 11.7. The predicted molar refractivity (Wildman–Crippen MR) is 60.8 cm³/mol. The molecule has 86 valence electrons. The highest BCUT2D eigenvalue weighted by molar-refractivity contribution is 6.01. The monoisotopic (exact) mass is 221 g/mol. The number of nitrogen functional groups attached to an aromatic ring is 1. The van der Waals surface area contributed by atoms with Gasteiger partial charge in [-0.2, -0.15) is 0 Å². The number of carbonyl (C=O) groups is 1. The third-order valence-electron chi connectivity index (χ3n) is 2.44. The first-order chi connectivity index (χ1) is 7.58. The van der Waals surface area contributed by atoms with Gasteiger partial charge in [0.15, 0.2) is 17.3 Å². The van der Waals surface area contributed by atoms with Crippen LogP contribution in [-0.4, -0.2) is 12.6 Å². The number of anilines is 1. The summed E-state index contributed by atoms with van der Waals surface area (Å²) in [5.74, 6) is 1.57. The molecule has 0 radical (unpaired) electrons. The van der Waals surface area contributed by atoms with E-state index < -0.39 is 0 Å². The molecule has 1 aromatic carbocycles. The van der Waals surface area contributed by atoms with E-state index >= 15 is 0 Å². The molecule has 4 nitrogen and oxygen atoms in total. The molecule has 1 heterocycles. The second kappa shape index (κ2) is 4.04. The number of ether oxygens (including phenoxy) is 2. The number of nitrogens with two attached hydrogens (primary N) is 1. The smallest absolute Gasteiger partial charge is 0.231 e. The predicted octanol–water partition coefficient (Wildman–Crippen LogP) is 2.23. The minimum atomic E-state index is 0.0470. The fraction of sp³-hybridized carbons (Fsp3) is 0.417. The molecule has 0 saturated carbocycles. The molecule has 2 N–H and O–H groups in total. The van der Waals surface area contributed by atoms with Gasteiger partial charge in [-0.1, -0.05) is 13.8 Å². The minimum Gasteiger partial charge on any atom is -0.454 e.